The molecular weight excluding hydrogens is 428 g/mol. The van der Waals surface area contributed by atoms with Crippen LogP contribution in [0.3, 0.4) is 0 Å². The van der Waals surface area contributed by atoms with E-state index >= 15 is 0 Å². The van der Waals surface area contributed by atoms with Gasteiger partial charge in [0, 0.05) is 23.6 Å². The zero-order valence-corrected chi connectivity index (χ0v) is 17.2. The number of carbonyl (C=O) groups is 1. The molecule has 1 amide bonds. The number of amides is 1. The molecule has 4 N–H and O–H groups in total. The summed E-state index contributed by atoms with van der Waals surface area (Å²) in [6, 6.07) is 14.7. The summed E-state index contributed by atoms with van der Waals surface area (Å²) in [5.74, 6) is -0.745. The topological polar surface area (TPSA) is 148 Å². The molecule has 0 unspecified atom stereocenters. The van der Waals surface area contributed by atoms with Crippen LogP contribution in [0.4, 0.5) is 11.4 Å². The minimum absolute atomic E-state index is 0.00297. The molecule has 0 radical (unpaired) electrons. The van der Waals surface area contributed by atoms with Crippen molar-refractivity contribution in [1.82, 2.24) is 4.98 Å². The van der Waals surface area contributed by atoms with E-state index < -0.39 is 26.0 Å². The summed E-state index contributed by atoms with van der Waals surface area (Å²) in [7, 11) is -7.44. The molecule has 11 heteroatoms. The van der Waals surface area contributed by atoms with Gasteiger partial charge in [0.15, 0.2) is 0 Å². The molecule has 1 heterocycles. The predicted octanol–water partition coefficient (Wildman–Crippen LogP) is 1.92. The van der Waals surface area contributed by atoms with Gasteiger partial charge in [-0.25, -0.2) is 22.0 Å². The highest BCUT2D eigenvalue weighted by Crippen LogP contribution is 2.17. The van der Waals surface area contributed by atoms with E-state index in [4.69, 9.17) is 5.14 Å². The van der Waals surface area contributed by atoms with E-state index in [-0.39, 0.29) is 16.2 Å². The van der Waals surface area contributed by atoms with E-state index in [1.54, 1.807) is 24.3 Å². The Morgan fingerprint density at radius 1 is 0.833 bits per heavy atom. The summed E-state index contributed by atoms with van der Waals surface area (Å²) in [6.45, 7) is 0. The van der Waals surface area contributed by atoms with Crippen LogP contribution in [0.25, 0.3) is 0 Å². The average Bonchev–Trinajstić information content (AvgIpc) is 2.69. The van der Waals surface area contributed by atoms with Crippen LogP contribution >= 0.6 is 0 Å². The Bertz CT molecular complexity index is 1240. The first kappa shape index (κ1) is 21.4. The highest BCUT2D eigenvalue weighted by Gasteiger charge is 2.15. The van der Waals surface area contributed by atoms with Gasteiger partial charge in [-0.3, -0.25) is 14.5 Å². The summed E-state index contributed by atoms with van der Waals surface area (Å²) in [5, 5.41) is 7.66. The van der Waals surface area contributed by atoms with Crippen molar-refractivity contribution in [2.45, 2.75) is 10.6 Å². The van der Waals surface area contributed by atoms with Crippen LogP contribution in [0.5, 0.6) is 0 Å². The van der Waals surface area contributed by atoms with Crippen molar-refractivity contribution in [2.24, 2.45) is 5.14 Å². The third kappa shape index (κ3) is 5.86. The van der Waals surface area contributed by atoms with Gasteiger partial charge in [-0.05, 0) is 54.1 Å². The van der Waals surface area contributed by atoms with E-state index in [0.29, 0.717) is 16.9 Å². The van der Waals surface area contributed by atoms with Gasteiger partial charge in [0.25, 0.3) is 15.9 Å². The van der Waals surface area contributed by atoms with Gasteiger partial charge in [-0.2, -0.15) is 0 Å². The number of carbonyl (C=O) groups excluding carboxylic acids is 1. The van der Waals surface area contributed by atoms with E-state index in [1.165, 1.54) is 48.8 Å². The smallest absolute Gasteiger partial charge is 0.261 e. The standard InChI is InChI=1S/C19H18N4O5S2/c20-29(25,26)13-14-1-5-16(6-2-14)22-19(24)15-3-7-18(8-4-15)30(27,28)23-17-9-11-21-12-10-17/h1-12H,13H2,(H,21,23)(H,22,24)(H2,20,25,26). The van der Waals surface area contributed by atoms with E-state index in [1.807, 2.05) is 0 Å². The number of nitrogens with zero attached hydrogens (tertiary/aromatic N) is 1. The zero-order chi connectivity index (χ0) is 21.8. The summed E-state index contributed by atoms with van der Waals surface area (Å²) in [4.78, 5) is 16.2. The predicted molar refractivity (Wildman–Crippen MR) is 113 cm³/mol. The molecule has 30 heavy (non-hydrogen) atoms. The molecular formula is C19H18N4O5S2. The van der Waals surface area contributed by atoms with Crippen LogP contribution in [0.2, 0.25) is 0 Å². The van der Waals surface area contributed by atoms with Gasteiger partial charge in [0.1, 0.15) is 0 Å². The number of nitrogens with two attached hydrogens (primary N) is 1. The van der Waals surface area contributed by atoms with Crippen molar-refractivity contribution in [3.05, 3.63) is 84.2 Å². The second-order valence-corrected chi connectivity index (χ2v) is 9.62. The molecule has 0 atom stereocenters. The number of sulfonamides is 2. The maximum atomic E-state index is 12.4. The fourth-order valence-corrected chi connectivity index (χ4v) is 4.26. The number of hydrogen-bond acceptors (Lipinski definition) is 6. The van der Waals surface area contributed by atoms with Crippen molar-refractivity contribution in [1.29, 1.82) is 0 Å². The number of benzene rings is 2. The molecule has 156 valence electrons. The van der Waals surface area contributed by atoms with E-state index in [2.05, 4.69) is 15.0 Å². The Morgan fingerprint density at radius 3 is 2.00 bits per heavy atom. The molecule has 0 spiro atoms. The second-order valence-electron chi connectivity index (χ2n) is 6.32. The lowest BCUT2D eigenvalue weighted by Crippen LogP contribution is -2.15. The van der Waals surface area contributed by atoms with Crippen molar-refractivity contribution in [2.75, 3.05) is 10.0 Å². The van der Waals surface area contributed by atoms with E-state index in [0.717, 1.165) is 0 Å². The number of nitrogens with one attached hydrogen (secondary N) is 2. The maximum absolute atomic E-state index is 12.4. The van der Waals surface area contributed by atoms with Crippen LogP contribution < -0.4 is 15.2 Å². The molecule has 0 saturated heterocycles. The molecule has 0 aliphatic heterocycles. The first-order valence-corrected chi connectivity index (χ1v) is 11.8. The highest BCUT2D eigenvalue weighted by atomic mass is 32.2. The quantitative estimate of drug-likeness (QED) is 0.505. The zero-order valence-electron chi connectivity index (χ0n) is 15.5. The monoisotopic (exact) mass is 446 g/mol. The van der Waals surface area contributed by atoms with Crippen LogP contribution in [0.15, 0.2) is 78.0 Å². The van der Waals surface area contributed by atoms with Gasteiger partial charge in [0.05, 0.1) is 16.3 Å². The van der Waals surface area contributed by atoms with Crippen LogP contribution in [-0.2, 0) is 25.8 Å². The Kier molecular flexibility index (Phi) is 6.15. The molecule has 0 aliphatic carbocycles. The minimum atomic E-state index is -3.80. The normalized spacial score (nSPS) is 11.6. The lowest BCUT2D eigenvalue weighted by atomic mass is 10.2. The summed E-state index contributed by atoms with van der Waals surface area (Å²) < 4.78 is 49.5. The number of primary sulfonamides is 1. The molecule has 0 aliphatic rings. The Labute approximate surface area is 174 Å². The second kappa shape index (κ2) is 8.61. The maximum Gasteiger partial charge on any atom is 0.261 e. The summed E-state index contributed by atoms with van der Waals surface area (Å²) >= 11 is 0. The van der Waals surface area contributed by atoms with Crippen molar-refractivity contribution < 1.29 is 21.6 Å². The van der Waals surface area contributed by atoms with E-state index in [9.17, 15) is 21.6 Å². The Balaban J connectivity index is 1.68. The lowest BCUT2D eigenvalue weighted by Gasteiger charge is -2.09. The Morgan fingerprint density at radius 2 is 1.43 bits per heavy atom. The van der Waals surface area contributed by atoms with Crippen molar-refractivity contribution in [3.8, 4) is 0 Å². The third-order valence-corrected chi connectivity index (χ3v) is 6.07. The van der Waals surface area contributed by atoms with Crippen molar-refractivity contribution in [3.63, 3.8) is 0 Å². The molecule has 0 saturated carbocycles. The highest BCUT2D eigenvalue weighted by molar-refractivity contribution is 7.92. The molecule has 0 bridgehead atoms. The van der Waals surface area contributed by atoms with Crippen LogP contribution in [0, 0.1) is 0 Å². The average molecular weight is 447 g/mol. The minimum Gasteiger partial charge on any atom is -0.322 e. The number of pyridine rings is 1. The fourth-order valence-electron chi connectivity index (χ4n) is 2.54. The summed E-state index contributed by atoms with van der Waals surface area (Å²) in [5.41, 5.74) is 1.57. The third-order valence-electron chi connectivity index (χ3n) is 3.94. The number of rotatable bonds is 7. The first-order chi connectivity index (χ1) is 14.1. The van der Waals surface area contributed by atoms with Gasteiger partial charge in [0.2, 0.25) is 10.0 Å². The molecule has 3 aromatic rings. The van der Waals surface area contributed by atoms with Crippen LogP contribution in [-0.4, -0.2) is 27.7 Å². The molecule has 2 aromatic carbocycles. The Hall–Kier alpha value is -3.28. The van der Waals surface area contributed by atoms with Crippen LogP contribution in [0.1, 0.15) is 15.9 Å². The van der Waals surface area contributed by atoms with Gasteiger partial charge < -0.3 is 5.32 Å². The number of hydrogen-bond donors (Lipinski definition) is 3. The molecule has 3 rings (SSSR count). The summed E-state index contributed by atoms with van der Waals surface area (Å²) in [6.07, 6.45) is 2.93. The number of anilines is 2. The van der Waals surface area contributed by atoms with Gasteiger partial charge in [-0.15, -0.1) is 0 Å². The fraction of sp³-hybridized carbons (Fsp3) is 0.0526. The molecule has 9 nitrogen and oxygen atoms in total. The first-order valence-electron chi connectivity index (χ1n) is 8.56. The lowest BCUT2D eigenvalue weighted by molar-refractivity contribution is 0.102. The number of aromatic nitrogens is 1. The van der Waals surface area contributed by atoms with Gasteiger partial charge in [-0.1, -0.05) is 12.1 Å². The SMILES string of the molecule is NS(=O)(=O)Cc1ccc(NC(=O)c2ccc(S(=O)(=O)Nc3ccncc3)cc2)cc1. The molecule has 0 fully saturated rings. The van der Waals surface area contributed by atoms with Crippen molar-refractivity contribution >= 4 is 37.3 Å². The molecule has 1 aromatic heterocycles. The largest absolute Gasteiger partial charge is 0.322 e. The van der Waals surface area contributed by atoms with Gasteiger partial charge >= 0.3 is 0 Å².